The van der Waals surface area contributed by atoms with E-state index >= 15 is 0 Å². The maximum absolute atomic E-state index is 13.3. The van der Waals surface area contributed by atoms with E-state index in [1.807, 2.05) is 5.32 Å². The summed E-state index contributed by atoms with van der Waals surface area (Å²) < 4.78 is 59.6. The molecular weight excluding hydrogens is 486 g/mol. The molecule has 3 aromatic carbocycles. The minimum atomic E-state index is -5.03. The molecule has 0 unspecified atom stereocenters. The SMILES string of the molecule is Cc1cc([C@@H](Oc2ccc3c(cnn3-c3ccc(F)cc3)c2)[C@H](C)NC(=O)C(F)(F)F)ccc1Cl. The summed E-state index contributed by atoms with van der Waals surface area (Å²) in [5.74, 6) is -2.06. The molecule has 1 amide bonds. The number of fused-ring (bicyclic) bond motifs is 1. The highest BCUT2D eigenvalue weighted by molar-refractivity contribution is 6.31. The number of aromatic nitrogens is 2. The Morgan fingerprint density at radius 1 is 1.09 bits per heavy atom. The van der Waals surface area contributed by atoms with E-state index in [1.54, 1.807) is 66.3 Å². The van der Waals surface area contributed by atoms with E-state index in [9.17, 15) is 22.4 Å². The summed E-state index contributed by atoms with van der Waals surface area (Å²) in [5, 5.41) is 7.50. The van der Waals surface area contributed by atoms with Gasteiger partial charge in [0.2, 0.25) is 0 Å². The second-order valence-electron chi connectivity index (χ2n) is 8.06. The van der Waals surface area contributed by atoms with Crippen LogP contribution < -0.4 is 10.1 Å². The van der Waals surface area contributed by atoms with Crippen LogP contribution in [0.4, 0.5) is 17.6 Å². The van der Waals surface area contributed by atoms with Crippen molar-refractivity contribution in [3.8, 4) is 11.4 Å². The van der Waals surface area contributed by atoms with E-state index in [0.29, 0.717) is 33.0 Å². The Labute approximate surface area is 203 Å². The quantitative estimate of drug-likeness (QED) is 0.312. The van der Waals surface area contributed by atoms with Crippen LogP contribution in [-0.4, -0.2) is 27.9 Å². The molecule has 0 aliphatic rings. The number of rotatable bonds is 6. The van der Waals surface area contributed by atoms with Crippen molar-refractivity contribution in [2.24, 2.45) is 0 Å². The zero-order valence-electron chi connectivity index (χ0n) is 18.6. The second-order valence-corrected chi connectivity index (χ2v) is 8.47. The molecule has 5 nitrogen and oxygen atoms in total. The summed E-state index contributed by atoms with van der Waals surface area (Å²) in [4.78, 5) is 11.6. The van der Waals surface area contributed by atoms with E-state index in [2.05, 4.69) is 5.10 Å². The fourth-order valence-electron chi connectivity index (χ4n) is 3.69. The first-order valence-corrected chi connectivity index (χ1v) is 10.9. The van der Waals surface area contributed by atoms with Gasteiger partial charge in [0.25, 0.3) is 0 Å². The van der Waals surface area contributed by atoms with Gasteiger partial charge in [-0.1, -0.05) is 23.7 Å². The minimum absolute atomic E-state index is 0.363. The van der Waals surface area contributed by atoms with E-state index < -0.39 is 24.2 Å². The first-order valence-electron chi connectivity index (χ1n) is 10.6. The summed E-state index contributed by atoms with van der Waals surface area (Å²) in [6, 6.07) is 14.9. The first-order chi connectivity index (χ1) is 16.5. The molecule has 0 aliphatic heterocycles. The Morgan fingerprint density at radius 2 is 1.80 bits per heavy atom. The van der Waals surface area contributed by atoms with Crippen molar-refractivity contribution in [1.82, 2.24) is 15.1 Å². The highest BCUT2D eigenvalue weighted by atomic mass is 35.5. The van der Waals surface area contributed by atoms with Crippen LogP contribution in [-0.2, 0) is 4.79 Å². The molecule has 0 fully saturated rings. The number of halogens is 5. The lowest BCUT2D eigenvalue weighted by Crippen LogP contribution is -2.45. The average Bonchev–Trinajstić information content (AvgIpc) is 3.22. The third-order valence-electron chi connectivity index (χ3n) is 5.45. The lowest BCUT2D eigenvalue weighted by atomic mass is 10.0. The van der Waals surface area contributed by atoms with Crippen molar-refractivity contribution in [3.05, 3.63) is 88.8 Å². The predicted molar refractivity (Wildman–Crippen MR) is 124 cm³/mol. The smallest absolute Gasteiger partial charge is 0.471 e. The van der Waals surface area contributed by atoms with E-state index in [-0.39, 0.29) is 5.82 Å². The fraction of sp³-hybridized carbons (Fsp3) is 0.200. The molecule has 0 spiro atoms. The number of carbonyl (C=O) groups is 1. The molecule has 182 valence electrons. The van der Waals surface area contributed by atoms with Crippen molar-refractivity contribution in [2.75, 3.05) is 0 Å². The van der Waals surface area contributed by atoms with Gasteiger partial charge in [-0.3, -0.25) is 4.79 Å². The normalized spacial score (nSPS) is 13.5. The third kappa shape index (κ3) is 5.40. The zero-order valence-corrected chi connectivity index (χ0v) is 19.4. The van der Waals surface area contributed by atoms with Crippen LogP contribution >= 0.6 is 11.6 Å². The highest BCUT2D eigenvalue weighted by Gasteiger charge is 2.40. The second kappa shape index (κ2) is 9.58. The molecular formula is C25H20ClF4N3O2. The van der Waals surface area contributed by atoms with Crippen molar-refractivity contribution in [2.45, 2.75) is 32.2 Å². The molecule has 0 saturated heterocycles. The molecule has 0 bridgehead atoms. The van der Waals surface area contributed by atoms with Crippen molar-refractivity contribution in [3.63, 3.8) is 0 Å². The molecule has 10 heteroatoms. The summed E-state index contributed by atoms with van der Waals surface area (Å²) in [6.45, 7) is 3.20. The van der Waals surface area contributed by atoms with E-state index in [0.717, 1.165) is 5.52 Å². The third-order valence-corrected chi connectivity index (χ3v) is 5.88. The van der Waals surface area contributed by atoms with Gasteiger partial charge in [-0.15, -0.1) is 0 Å². The summed E-state index contributed by atoms with van der Waals surface area (Å²) in [5.41, 5.74) is 2.64. The number of carbonyl (C=O) groups excluding carboxylic acids is 1. The lowest BCUT2D eigenvalue weighted by molar-refractivity contribution is -0.174. The number of amides is 1. The molecule has 1 heterocycles. The van der Waals surface area contributed by atoms with Gasteiger partial charge in [-0.05, 0) is 73.5 Å². The maximum atomic E-state index is 13.3. The molecule has 2 atom stereocenters. The summed E-state index contributed by atoms with van der Waals surface area (Å²) in [7, 11) is 0. The van der Waals surface area contributed by atoms with Crippen LogP contribution in [0.3, 0.4) is 0 Å². The molecule has 4 rings (SSSR count). The highest BCUT2D eigenvalue weighted by Crippen LogP contribution is 2.31. The standard InChI is InChI=1S/C25H20ClF4N3O2/c1-14-11-16(3-9-21(14)26)23(15(2)32-24(34)25(28,29)30)35-20-8-10-22-17(12-20)13-31-33(22)19-6-4-18(27)5-7-19/h3-13,15,23H,1-2H3,(H,32,34)/t15-,23-/m0/s1. The van der Waals surface area contributed by atoms with E-state index in [4.69, 9.17) is 16.3 Å². The molecule has 1 aromatic heterocycles. The van der Waals surface area contributed by atoms with Gasteiger partial charge < -0.3 is 10.1 Å². The molecule has 1 N–H and O–H groups in total. The van der Waals surface area contributed by atoms with Crippen LogP contribution in [0.1, 0.15) is 24.2 Å². The fourth-order valence-corrected chi connectivity index (χ4v) is 3.80. The molecule has 0 saturated carbocycles. The zero-order chi connectivity index (χ0) is 25.3. The van der Waals surface area contributed by atoms with Crippen molar-refractivity contribution in [1.29, 1.82) is 0 Å². The molecule has 0 radical (unpaired) electrons. The number of benzene rings is 3. The Balaban J connectivity index is 1.66. The predicted octanol–water partition coefficient (Wildman–Crippen LogP) is 6.31. The van der Waals surface area contributed by atoms with Crippen molar-refractivity contribution >= 4 is 28.4 Å². The lowest BCUT2D eigenvalue weighted by Gasteiger charge is -2.27. The number of nitrogens with one attached hydrogen (secondary N) is 1. The molecule has 0 aliphatic carbocycles. The van der Waals surface area contributed by atoms with Gasteiger partial charge in [0.1, 0.15) is 17.7 Å². The van der Waals surface area contributed by atoms with Crippen LogP contribution in [0.25, 0.3) is 16.6 Å². The number of aryl methyl sites for hydroxylation is 1. The number of ether oxygens (including phenoxy) is 1. The minimum Gasteiger partial charge on any atom is -0.484 e. The summed E-state index contributed by atoms with van der Waals surface area (Å²) in [6.07, 6.45) is -4.37. The Bertz CT molecular complexity index is 1370. The van der Waals surface area contributed by atoms with Gasteiger partial charge in [-0.25, -0.2) is 9.07 Å². The maximum Gasteiger partial charge on any atom is 0.471 e. The number of nitrogens with zero attached hydrogens (tertiary/aromatic N) is 2. The van der Waals surface area contributed by atoms with Gasteiger partial charge in [0.15, 0.2) is 0 Å². The Morgan fingerprint density at radius 3 is 2.46 bits per heavy atom. The van der Waals surface area contributed by atoms with Crippen LogP contribution in [0.5, 0.6) is 5.75 Å². The largest absolute Gasteiger partial charge is 0.484 e. The Hall–Kier alpha value is -3.59. The number of hydrogen-bond donors (Lipinski definition) is 1. The van der Waals surface area contributed by atoms with E-state index in [1.165, 1.54) is 19.1 Å². The van der Waals surface area contributed by atoms with Gasteiger partial charge >= 0.3 is 12.1 Å². The number of alkyl halides is 3. The molecule has 35 heavy (non-hydrogen) atoms. The Kier molecular flexibility index (Phi) is 6.71. The van der Waals surface area contributed by atoms with Gasteiger partial charge in [-0.2, -0.15) is 18.3 Å². The topological polar surface area (TPSA) is 56.1 Å². The molecule has 4 aromatic rings. The van der Waals surface area contributed by atoms with Crippen LogP contribution in [0.2, 0.25) is 5.02 Å². The van der Waals surface area contributed by atoms with Crippen LogP contribution in [0.15, 0.2) is 66.9 Å². The first kappa shape index (κ1) is 24.5. The van der Waals surface area contributed by atoms with Gasteiger partial charge in [0, 0.05) is 10.4 Å². The average molecular weight is 506 g/mol. The monoisotopic (exact) mass is 505 g/mol. The van der Waals surface area contributed by atoms with Crippen LogP contribution in [0, 0.1) is 12.7 Å². The van der Waals surface area contributed by atoms with Crippen molar-refractivity contribution < 1.29 is 27.1 Å². The number of hydrogen-bond acceptors (Lipinski definition) is 3. The van der Waals surface area contributed by atoms with Gasteiger partial charge in [0.05, 0.1) is 23.4 Å². The summed E-state index contributed by atoms with van der Waals surface area (Å²) >= 11 is 6.11.